The van der Waals surface area contributed by atoms with Crippen molar-refractivity contribution in [3.05, 3.63) is 52.5 Å². The lowest BCUT2D eigenvalue weighted by atomic mass is 10.1. The van der Waals surface area contributed by atoms with E-state index in [1.165, 1.54) is 25.3 Å². The van der Waals surface area contributed by atoms with Crippen LogP contribution in [0.4, 0.5) is 5.69 Å². The van der Waals surface area contributed by atoms with Gasteiger partial charge in [0.05, 0.1) is 23.4 Å². The van der Waals surface area contributed by atoms with E-state index in [1.807, 2.05) is 26.8 Å². The number of amides is 1. The Bertz CT molecular complexity index is 893. The third-order valence-electron chi connectivity index (χ3n) is 3.82. The number of rotatable bonds is 8. The molecule has 156 valence electrons. The quantitative estimate of drug-likeness (QED) is 0.598. The van der Waals surface area contributed by atoms with Gasteiger partial charge in [0.2, 0.25) is 0 Å². The largest absolute Gasteiger partial charge is 0.493 e. The molecule has 0 aliphatic carbocycles. The van der Waals surface area contributed by atoms with Crippen molar-refractivity contribution in [1.82, 2.24) is 5.32 Å². The average molecular weight is 421 g/mol. The van der Waals surface area contributed by atoms with Crippen molar-refractivity contribution < 1.29 is 24.2 Å². The number of carbonyl (C=O) groups is 2. The zero-order chi connectivity index (χ0) is 21.6. The monoisotopic (exact) mass is 420 g/mol. The molecule has 0 unspecified atom stereocenters. The normalized spacial score (nSPS) is 10.9. The number of benzene rings is 2. The highest BCUT2D eigenvalue weighted by molar-refractivity contribution is 6.33. The molecular weight excluding hydrogens is 396 g/mol. The lowest BCUT2D eigenvalue weighted by molar-refractivity contribution is -0.124. The molecule has 2 aromatic carbocycles. The molecule has 2 aromatic rings. The number of carboxylic acids is 1. The van der Waals surface area contributed by atoms with Crippen LogP contribution in [0.5, 0.6) is 11.5 Å². The highest BCUT2D eigenvalue weighted by atomic mass is 35.5. The fourth-order valence-corrected chi connectivity index (χ4v) is 2.79. The first kappa shape index (κ1) is 22.4. The van der Waals surface area contributed by atoms with Crippen LogP contribution in [0.1, 0.15) is 36.7 Å². The number of carboxylic acid groups (broad SMARTS) is 1. The SMILES string of the molecule is COc1cccc(CNc2cc(C(=O)O)ccc2Cl)c1OCC(=O)NC(C)(C)C. The minimum atomic E-state index is -1.04. The summed E-state index contributed by atoms with van der Waals surface area (Å²) < 4.78 is 11.1. The van der Waals surface area contributed by atoms with Gasteiger partial charge < -0.3 is 25.2 Å². The molecule has 0 heterocycles. The maximum Gasteiger partial charge on any atom is 0.335 e. The van der Waals surface area contributed by atoms with Gasteiger partial charge in [0.15, 0.2) is 18.1 Å². The zero-order valence-electron chi connectivity index (χ0n) is 16.8. The molecule has 0 bridgehead atoms. The molecule has 0 aliphatic heterocycles. The Morgan fingerprint density at radius 1 is 1.17 bits per heavy atom. The van der Waals surface area contributed by atoms with Gasteiger partial charge in [-0.15, -0.1) is 0 Å². The van der Waals surface area contributed by atoms with E-state index in [4.69, 9.17) is 26.2 Å². The Kier molecular flexibility index (Phi) is 7.34. The van der Waals surface area contributed by atoms with E-state index in [9.17, 15) is 9.59 Å². The van der Waals surface area contributed by atoms with E-state index in [-0.39, 0.29) is 30.2 Å². The minimum Gasteiger partial charge on any atom is -0.493 e. The Morgan fingerprint density at radius 2 is 1.90 bits per heavy atom. The number of para-hydroxylation sites is 1. The first-order valence-corrected chi connectivity index (χ1v) is 9.35. The van der Waals surface area contributed by atoms with Gasteiger partial charge in [-0.3, -0.25) is 4.79 Å². The molecule has 0 radical (unpaired) electrons. The molecular formula is C21H25ClN2O5. The number of anilines is 1. The number of carbonyl (C=O) groups excluding carboxylic acids is 1. The molecule has 0 atom stereocenters. The van der Waals surface area contributed by atoms with Gasteiger partial charge in [-0.25, -0.2) is 4.79 Å². The summed E-state index contributed by atoms with van der Waals surface area (Å²) in [6, 6.07) is 9.77. The Balaban J connectivity index is 2.18. The van der Waals surface area contributed by atoms with Crippen LogP contribution in [0.15, 0.2) is 36.4 Å². The maximum atomic E-state index is 12.1. The second-order valence-corrected chi connectivity index (χ2v) is 7.80. The van der Waals surface area contributed by atoms with Gasteiger partial charge in [0.1, 0.15) is 0 Å². The van der Waals surface area contributed by atoms with E-state index >= 15 is 0 Å². The number of methoxy groups -OCH3 is 1. The van der Waals surface area contributed by atoms with Crippen LogP contribution < -0.4 is 20.1 Å². The molecule has 0 aliphatic rings. The fourth-order valence-electron chi connectivity index (χ4n) is 2.60. The van der Waals surface area contributed by atoms with E-state index in [1.54, 1.807) is 12.1 Å². The van der Waals surface area contributed by atoms with Crippen molar-refractivity contribution in [2.45, 2.75) is 32.9 Å². The summed E-state index contributed by atoms with van der Waals surface area (Å²) in [4.78, 5) is 23.3. The van der Waals surface area contributed by atoms with Crippen molar-refractivity contribution in [3.63, 3.8) is 0 Å². The van der Waals surface area contributed by atoms with Crippen LogP contribution in [-0.2, 0) is 11.3 Å². The second-order valence-electron chi connectivity index (χ2n) is 7.39. The third-order valence-corrected chi connectivity index (χ3v) is 4.15. The van der Waals surface area contributed by atoms with Gasteiger partial charge in [0, 0.05) is 17.6 Å². The zero-order valence-corrected chi connectivity index (χ0v) is 17.6. The molecule has 0 saturated carbocycles. The number of hydrogen-bond acceptors (Lipinski definition) is 5. The van der Waals surface area contributed by atoms with Crippen LogP contribution in [0.2, 0.25) is 5.02 Å². The standard InChI is InChI=1S/C21H25ClN2O5/c1-21(2,3)24-18(25)12-29-19-14(6-5-7-17(19)28-4)11-23-16-10-13(20(26)27)8-9-15(16)22/h5-10,23H,11-12H2,1-4H3,(H,24,25)(H,26,27). The predicted molar refractivity (Wildman–Crippen MR) is 112 cm³/mol. The summed E-state index contributed by atoms with van der Waals surface area (Å²) >= 11 is 6.17. The summed E-state index contributed by atoms with van der Waals surface area (Å²) in [6.45, 7) is 5.78. The van der Waals surface area contributed by atoms with Crippen LogP contribution in [0.25, 0.3) is 0 Å². The van der Waals surface area contributed by atoms with Gasteiger partial charge in [-0.05, 0) is 45.0 Å². The van der Waals surface area contributed by atoms with Gasteiger partial charge in [0.25, 0.3) is 5.91 Å². The molecule has 0 fully saturated rings. The second kappa shape index (κ2) is 9.52. The molecule has 3 N–H and O–H groups in total. The van der Waals surface area contributed by atoms with Crippen molar-refractivity contribution in [2.24, 2.45) is 0 Å². The summed E-state index contributed by atoms with van der Waals surface area (Å²) in [6.07, 6.45) is 0. The number of hydrogen-bond donors (Lipinski definition) is 3. The Hall–Kier alpha value is -2.93. The average Bonchev–Trinajstić information content (AvgIpc) is 2.64. The molecule has 29 heavy (non-hydrogen) atoms. The minimum absolute atomic E-state index is 0.123. The van der Waals surface area contributed by atoms with Crippen LogP contribution >= 0.6 is 11.6 Å². The first-order chi connectivity index (χ1) is 13.6. The summed E-state index contributed by atoms with van der Waals surface area (Å²) in [5.74, 6) is -0.380. The maximum absolute atomic E-state index is 12.1. The van der Waals surface area contributed by atoms with E-state index in [0.29, 0.717) is 22.2 Å². The molecule has 1 amide bonds. The van der Waals surface area contributed by atoms with Crippen LogP contribution in [-0.4, -0.2) is 36.2 Å². The molecule has 0 aromatic heterocycles. The predicted octanol–water partition coefficient (Wildman–Crippen LogP) is 3.95. The molecule has 7 nitrogen and oxygen atoms in total. The van der Waals surface area contributed by atoms with Crippen LogP contribution in [0.3, 0.4) is 0 Å². The van der Waals surface area contributed by atoms with Gasteiger partial charge in [-0.2, -0.15) is 0 Å². The third kappa shape index (κ3) is 6.57. The molecule has 8 heteroatoms. The van der Waals surface area contributed by atoms with Gasteiger partial charge >= 0.3 is 5.97 Å². The van der Waals surface area contributed by atoms with Crippen molar-refractivity contribution in [1.29, 1.82) is 0 Å². The van der Waals surface area contributed by atoms with E-state index in [0.717, 1.165) is 5.56 Å². The summed E-state index contributed by atoms with van der Waals surface area (Å²) in [5.41, 5.74) is 0.964. The highest BCUT2D eigenvalue weighted by Gasteiger charge is 2.17. The van der Waals surface area contributed by atoms with Crippen molar-refractivity contribution in [3.8, 4) is 11.5 Å². The summed E-state index contributed by atoms with van der Waals surface area (Å²) in [5, 5.41) is 15.5. The lowest BCUT2D eigenvalue weighted by Crippen LogP contribution is -2.43. The van der Waals surface area contributed by atoms with Gasteiger partial charge in [-0.1, -0.05) is 23.7 Å². The highest BCUT2D eigenvalue weighted by Crippen LogP contribution is 2.32. The molecule has 0 spiro atoms. The smallest absolute Gasteiger partial charge is 0.335 e. The van der Waals surface area contributed by atoms with Crippen molar-refractivity contribution >= 4 is 29.2 Å². The molecule has 0 saturated heterocycles. The number of halogens is 1. The topological polar surface area (TPSA) is 96.9 Å². The Morgan fingerprint density at radius 3 is 2.52 bits per heavy atom. The number of aromatic carboxylic acids is 1. The van der Waals surface area contributed by atoms with Crippen molar-refractivity contribution in [2.75, 3.05) is 19.0 Å². The fraction of sp³-hybridized carbons (Fsp3) is 0.333. The first-order valence-electron chi connectivity index (χ1n) is 8.97. The van der Waals surface area contributed by atoms with E-state index < -0.39 is 5.97 Å². The lowest BCUT2D eigenvalue weighted by Gasteiger charge is -2.21. The van der Waals surface area contributed by atoms with E-state index in [2.05, 4.69) is 10.6 Å². The Labute approximate surface area is 175 Å². The number of ether oxygens (including phenoxy) is 2. The molecule has 2 rings (SSSR count). The van der Waals surface area contributed by atoms with Crippen LogP contribution in [0, 0.1) is 0 Å². The number of nitrogens with one attached hydrogen (secondary N) is 2. The summed E-state index contributed by atoms with van der Waals surface area (Å²) in [7, 11) is 1.52.